The second-order valence-electron chi connectivity index (χ2n) is 4.46. The molecule has 0 radical (unpaired) electrons. The number of pyridine rings is 1. The number of aromatic amines is 1. The Morgan fingerprint density at radius 1 is 1.09 bits per heavy atom. The number of carbonyl (C=O) groups excluding carboxylic acids is 1. The Morgan fingerprint density at radius 3 is 2.68 bits per heavy atom. The van der Waals surface area contributed by atoms with Crippen LogP contribution in [0.3, 0.4) is 0 Å². The van der Waals surface area contributed by atoms with E-state index in [4.69, 9.17) is 0 Å². The molecule has 0 unspecified atom stereocenters. The number of aromatic nitrogens is 3. The normalized spacial score (nSPS) is 10.5. The van der Waals surface area contributed by atoms with Crippen molar-refractivity contribution in [1.29, 1.82) is 0 Å². The molecule has 0 aliphatic heterocycles. The summed E-state index contributed by atoms with van der Waals surface area (Å²) in [5.41, 5.74) is 1.13. The van der Waals surface area contributed by atoms with Gasteiger partial charge in [-0.15, -0.1) is 0 Å². The van der Waals surface area contributed by atoms with E-state index in [-0.39, 0.29) is 11.4 Å². The Kier molecular flexibility index (Phi) is 3.61. The minimum Gasteiger partial charge on any atom is -0.318 e. The fourth-order valence-electron chi connectivity index (χ4n) is 1.86. The topological polar surface area (TPSA) is 70.7 Å². The van der Waals surface area contributed by atoms with Gasteiger partial charge in [-0.25, -0.2) is 8.78 Å². The molecule has 0 aliphatic rings. The Balaban J connectivity index is 1.80. The van der Waals surface area contributed by atoms with Crippen molar-refractivity contribution in [2.45, 2.75) is 0 Å². The number of H-pyrrole nitrogens is 1. The molecule has 7 heteroatoms. The molecule has 0 bridgehead atoms. The number of anilines is 1. The molecule has 0 atom stereocenters. The van der Waals surface area contributed by atoms with Crippen LogP contribution in [0.1, 0.15) is 10.5 Å². The standard InChI is InChI=1S/C15H10F2N4O/c16-9-4-5-11(10(17)7-9)19-15(22)14-8-13(20-21-14)12-3-1-2-6-18-12/h1-8H,(H,19,22)(H,20,21). The molecule has 3 aromatic rings. The lowest BCUT2D eigenvalue weighted by atomic mass is 10.2. The third kappa shape index (κ3) is 2.83. The summed E-state index contributed by atoms with van der Waals surface area (Å²) in [5.74, 6) is -2.15. The molecule has 0 saturated heterocycles. The lowest BCUT2D eigenvalue weighted by Gasteiger charge is -2.04. The van der Waals surface area contributed by atoms with E-state index >= 15 is 0 Å². The monoisotopic (exact) mass is 300 g/mol. The summed E-state index contributed by atoms with van der Waals surface area (Å²) >= 11 is 0. The largest absolute Gasteiger partial charge is 0.318 e. The Bertz CT molecular complexity index is 817. The van der Waals surface area contributed by atoms with Crippen LogP contribution in [0, 0.1) is 11.6 Å². The van der Waals surface area contributed by atoms with E-state index in [0.717, 1.165) is 12.1 Å². The van der Waals surface area contributed by atoms with Crippen molar-refractivity contribution < 1.29 is 13.6 Å². The van der Waals surface area contributed by atoms with Crippen LogP contribution >= 0.6 is 0 Å². The quantitative estimate of drug-likeness (QED) is 0.781. The van der Waals surface area contributed by atoms with E-state index in [1.807, 2.05) is 0 Å². The summed E-state index contributed by atoms with van der Waals surface area (Å²) in [7, 11) is 0. The van der Waals surface area contributed by atoms with Crippen molar-refractivity contribution in [3.8, 4) is 11.4 Å². The minimum atomic E-state index is -0.849. The molecule has 5 nitrogen and oxygen atoms in total. The predicted octanol–water partition coefficient (Wildman–Crippen LogP) is 3.00. The zero-order valence-corrected chi connectivity index (χ0v) is 11.2. The van der Waals surface area contributed by atoms with Crippen molar-refractivity contribution in [3.63, 3.8) is 0 Å². The fourth-order valence-corrected chi connectivity index (χ4v) is 1.86. The molecule has 2 heterocycles. The van der Waals surface area contributed by atoms with E-state index in [1.165, 1.54) is 6.07 Å². The molecule has 1 aromatic carbocycles. The maximum Gasteiger partial charge on any atom is 0.273 e. The van der Waals surface area contributed by atoms with Gasteiger partial charge in [-0.3, -0.25) is 14.9 Å². The number of amides is 1. The molecule has 110 valence electrons. The Morgan fingerprint density at radius 2 is 1.95 bits per heavy atom. The van der Waals surface area contributed by atoms with Crippen molar-refractivity contribution in [1.82, 2.24) is 15.2 Å². The highest BCUT2D eigenvalue weighted by molar-refractivity contribution is 6.03. The maximum atomic E-state index is 13.5. The van der Waals surface area contributed by atoms with Gasteiger partial charge in [-0.05, 0) is 30.3 Å². The average molecular weight is 300 g/mol. The van der Waals surface area contributed by atoms with Gasteiger partial charge in [0.2, 0.25) is 0 Å². The number of carbonyl (C=O) groups is 1. The third-order valence-corrected chi connectivity index (χ3v) is 2.93. The van der Waals surface area contributed by atoms with Crippen LogP contribution in [0.2, 0.25) is 0 Å². The molecular formula is C15H10F2N4O. The number of nitrogens with one attached hydrogen (secondary N) is 2. The lowest BCUT2D eigenvalue weighted by molar-refractivity contribution is 0.102. The predicted molar refractivity (Wildman–Crippen MR) is 76.1 cm³/mol. The van der Waals surface area contributed by atoms with Crippen molar-refractivity contribution in [2.24, 2.45) is 0 Å². The zero-order valence-electron chi connectivity index (χ0n) is 11.2. The Hall–Kier alpha value is -3.09. The van der Waals surface area contributed by atoms with Crippen LogP contribution < -0.4 is 5.32 Å². The van der Waals surface area contributed by atoms with Crippen molar-refractivity contribution in [3.05, 3.63) is 66.0 Å². The van der Waals surface area contributed by atoms with Gasteiger partial charge in [0.25, 0.3) is 5.91 Å². The zero-order chi connectivity index (χ0) is 15.5. The third-order valence-electron chi connectivity index (χ3n) is 2.93. The van der Waals surface area contributed by atoms with Gasteiger partial charge in [-0.1, -0.05) is 6.07 Å². The molecule has 0 fully saturated rings. The molecule has 2 aromatic heterocycles. The minimum absolute atomic E-state index is 0.111. The summed E-state index contributed by atoms with van der Waals surface area (Å²) in [5, 5.41) is 8.89. The summed E-state index contributed by atoms with van der Waals surface area (Å²) in [4.78, 5) is 16.1. The van der Waals surface area contributed by atoms with E-state index in [9.17, 15) is 13.6 Å². The highest BCUT2D eigenvalue weighted by Gasteiger charge is 2.14. The van der Waals surface area contributed by atoms with Crippen LogP contribution in [0.5, 0.6) is 0 Å². The molecule has 1 amide bonds. The van der Waals surface area contributed by atoms with Gasteiger partial charge < -0.3 is 5.32 Å². The number of hydrogen-bond acceptors (Lipinski definition) is 3. The van der Waals surface area contributed by atoms with E-state index < -0.39 is 17.5 Å². The first-order valence-electron chi connectivity index (χ1n) is 6.37. The number of nitrogens with zero attached hydrogens (tertiary/aromatic N) is 2. The molecular weight excluding hydrogens is 290 g/mol. The smallest absolute Gasteiger partial charge is 0.273 e. The molecule has 2 N–H and O–H groups in total. The summed E-state index contributed by atoms with van der Waals surface area (Å²) in [6, 6.07) is 9.72. The van der Waals surface area contributed by atoms with Crippen LogP contribution in [-0.4, -0.2) is 21.1 Å². The second-order valence-corrected chi connectivity index (χ2v) is 4.46. The first-order valence-corrected chi connectivity index (χ1v) is 6.37. The molecule has 0 aliphatic carbocycles. The summed E-state index contributed by atoms with van der Waals surface area (Å²) in [6.07, 6.45) is 1.61. The Labute approximate surface area is 124 Å². The van der Waals surface area contributed by atoms with Gasteiger partial charge in [0.1, 0.15) is 23.0 Å². The van der Waals surface area contributed by atoms with E-state index in [2.05, 4.69) is 20.5 Å². The van der Waals surface area contributed by atoms with Gasteiger partial charge in [0.15, 0.2) is 0 Å². The van der Waals surface area contributed by atoms with E-state index in [0.29, 0.717) is 17.5 Å². The average Bonchev–Trinajstić information content (AvgIpc) is 3.01. The number of halogens is 2. The highest BCUT2D eigenvalue weighted by atomic mass is 19.1. The maximum absolute atomic E-state index is 13.5. The SMILES string of the molecule is O=C(Nc1ccc(F)cc1F)c1cc(-c2ccccn2)n[nH]1. The van der Waals surface area contributed by atoms with Gasteiger partial charge >= 0.3 is 0 Å². The molecule has 3 rings (SSSR count). The van der Waals surface area contributed by atoms with Crippen LogP contribution in [-0.2, 0) is 0 Å². The summed E-state index contributed by atoms with van der Waals surface area (Å²) < 4.78 is 26.3. The van der Waals surface area contributed by atoms with Crippen LogP contribution in [0.25, 0.3) is 11.4 Å². The molecule has 22 heavy (non-hydrogen) atoms. The van der Waals surface area contributed by atoms with Gasteiger partial charge in [0.05, 0.1) is 11.4 Å². The fraction of sp³-hybridized carbons (Fsp3) is 0. The molecule has 0 saturated carbocycles. The van der Waals surface area contributed by atoms with Gasteiger partial charge in [-0.2, -0.15) is 5.10 Å². The number of benzene rings is 1. The number of rotatable bonds is 3. The van der Waals surface area contributed by atoms with E-state index in [1.54, 1.807) is 24.4 Å². The van der Waals surface area contributed by atoms with Crippen LogP contribution in [0.15, 0.2) is 48.7 Å². The highest BCUT2D eigenvalue weighted by Crippen LogP contribution is 2.18. The summed E-state index contributed by atoms with van der Waals surface area (Å²) in [6.45, 7) is 0. The van der Waals surface area contributed by atoms with Gasteiger partial charge in [0, 0.05) is 12.3 Å². The lowest BCUT2D eigenvalue weighted by Crippen LogP contribution is -2.13. The first-order chi connectivity index (χ1) is 10.6. The van der Waals surface area contributed by atoms with Crippen LogP contribution in [0.4, 0.5) is 14.5 Å². The van der Waals surface area contributed by atoms with Crippen molar-refractivity contribution in [2.75, 3.05) is 5.32 Å². The number of hydrogen-bond donors (Lipinski definition) is 2. The first kappa shape index (κ1) is 13.9. The second kappa shape index (κ2) is 5.72. The van der Waals surface area contributed by atoms with Crippen molar-refractivity contribution >= 4 is 11.6 Å². The molecule has 0 spiro atoms.